The van der Waals surface area contributed by atoms with Gasteiger partial charge in [0.15, 0.2) is 0 Å². The number of thiophene rings is 1. The lowest BCUT2D eigenvalue weighted by atomic mass is 9.95. The van der Waals surface area contributed by atoms with Crippen LogP contribution in [-0.4, -0.2) is 37.8 Å². The quantitative estimate of drug-likeness (QED) is 0.680. The third kappa shape index (κ3) is 4.17. The number of hydrogen-bond donors (Lipinski definition) is 1. The summed E-state index contributed by atoms with van der Waals surface area (Å²) in [7, 11) is -3.65. The fraction of sp³-hybridized carbons (Fsp3) is 0.136. The van der Waals surface area contributed by atoms with E-state index >= 15 is 0 Å². The normalized spacial score (nSPS) is 17.5. The molecule has 7 heteroatoms. The molecule has 29 heavy (non-hydrogen) atoms. The molecule has 4 rings (SSSR count). The maximum Gasteiger partial charge on any atom is 0.261 e. The summed E-state index contributed by atoms with van der Waals surface area (Å²) in [6, 6.07) is 21.2. The maximum absolute atomic E-state index is 13.1. The summed E-state index contributed by atoms with van der Waals surface area (Å²) in [6.45, 7) is 0.432. The van der Waals surface area contributed by atoms with E-state index in [1.165, 1.54) is 15.6 Å². The Kier molecular flexibility index (Phi) is 5.62. The summed E-state index contributed by atoms with van der Waals surface area (Å²) in [5.41, 5.74) is 1.90. The Bertz CT molecular complexity index is 1110. The lowest BCUT2D eigenvalue weighted by Gasteiger charge is -2.33. The van der Waals surface area contributed by atoms with Crippen LogP contribution in [0, 0.1) is 0 Å². The molecule has 2 aromatic carbocycles. The van der Waals surface area contributed by atoms with Crippen LogP contribution in [0.5, 0.6) is 0 Å². The minimum Gasteiger partial charge on any atom is -0.343 e. The van der Waals surface area contributed by atoms with Gasteiger partial charge in [-0.05, 0) is 34.7 Å². The lowest BCUT2D eigenvalue weighted by molar-refractivity contribution is 0.0945. The van der Waals surface area contributed by atoms with Gasteiger partial charge in [0.25, 0.3) is 5.91 Å². The fourth-order valence-corrected chi connectivity index (χ4v) is 5.41. The van der Waals surface area contributed by atoms with Crippen molar-refractivity contribution in [2.45, 2.75) is 10.9 Å². The van der Waals surface area contributed by atoms with E-state index in [9.17, 15) is 13.2 Å². The largest absolute Gasteiger partial charge is 0.343 e. The Balaban J connectivity index is 1.66. The molecule has 148 valence electrons. The van der Waals surface area contributed by atoms with Gasteiger partial charge >= 0.3 is 0 Å². The molecule has 0 bridgehead atoms. The molecule has 1 aliphatic rings. The molecule has 5 nitrogen and oxygen atoms in total. The molecule has 1 N–H and O–H groups in total. The molecule has 0 saturated carbocycles. The molecule has 0 spiro atoms. The molecule has 1 unspecified atom stereocenters. The SMILES string of the molecule is O=C(NC1CN(S(=O)(=O)c2ccccc2)CC=C1c1ccccc1)c1cccs1. The summed E-state index contributed by atoms with van der Waals surface area (Å²) in [4.78, 5) is 13.5. The molecule has 1 amide bonds. The Labute approximate surface area is 174 Å². The second kappa shape index (κ2) is 8.32. The van der Waals surface area contributed by atoms with Crippen LogP contribution in [0.2, 0.25) is 0 Å². The van der Waals surface area contributed by atoms with E-state index < -0.39 is 16.1 Å². The number of nitrogens with one attached hydrogen (secondary N) is 1. The number of carbonyl (C=O) groups is 1. The first-order valence-corrected chi connectivity index (χ1v) is 11.5. The molecular formula is C22H20N2O3S2. The Morgan fingerprint density at radius 1 is 0.966 bits per heavy atom. The lowest BCUT2D eigenvalue weighted by Crippen LogP contribution is -2.49. The molecule has 0 fully saturated rings. The van der Waals surface area contributed by atoms with Gasteiger partial charge in [0.1, 0.15) is 0 Å². The van der Waals surface area contributed by atoms with Crippen LogP contribution in [0.15, 0.2) is 89.1 Å². The number of hydrogen-bond acceptors (Lipinski definition) is 4. The summed E-state index contributed by atoms with van der Waals surface area (Å²) in [5, 5.41) is 4.86. The summed E-state index contributed by atoms with van der Waals surface area (Å²) in [6.07, 6.45) is 1.89. The van der Waals surface area contributed by atoms with Crippen LogP contribution in [0.25, 0.3) is 5.57 Å². The van der Waals surface area contributed by atoms with E-state index in [0.717, 1.165) is 11.1 Å². The fourth-order valence-electron chi connectivity index (χ4n) is 3.37. The van der Waals surface area contributed by atoms with Gasteiger partial charge < -0.3 is 5.32 Å². The van der Waals surface area contributed by atoms with Crippen molar-refractivity contribution < 1.29 is 13.2 Å². The minimum atomic E-state index is -3.65. The molecule has 1 aliphatic heterocycles. The predicted molar refractivity (Wildman–Crippen MR) is 115 cm³/mol. The van der Waals surface area contributed by atoms with E-state index in [1.54, 1.807) is 36.4 Å². The van der Waals surface area contributed by atoms with Gasteiger partial charge in [-0.3, -0.25) is 4.79 Å². The van der Waals surface area contributed by atoms with Crippen LogP contribution in [0.1, 0.15) is 15.2 Å². The van der Waals surface area contributed by atoms with E-state index in [0.29, 0.717) is 4.88 Å². The van der Waals surface area contributed by atoms with Crippen molar-refractivity contribution in [2.24, 2.45) is 0 Å². The van der Waals surface area contributed by atoms with E-state index in [4.69, 9.17) is 0 Å². The molecule has 1 atom stereocenters. The minimum absolute atomic E-state index is 0.176. The first-order valence-electron chi connectivity index (χ1n) is 9.21. The molecule has 0 aliphatic carbocycles. The van der Waals surface area contributed by atoms with Crippen LogP contribution in [0.4, 0.5) is 0 Å². The van der Waals surface area contributed by atoms with Gasteiger partial charge in [0, 0.05) is 13.1 Å². The van der Waals surface area contributed by atoms with Crippen LogP contribution < -0.4 is 5.32 Å². The molecular weight excluding hydrogens is 404 g/mol. The predicted octanol–water partition coefficient (Wildman–Crippen LogP) is 3.63. The van der Waals surface area contributed by atoms with Crippen molar-refractivity contribution in [3.8, 4) is 0 Å². The number of sulfonamides is 1. The number of carbonyl (C=O) groups excluding carboxylic acids is 1. The number of amides is 1. The van der Waals surface area contributed by atoms with Crippen LogP contribution in [-0.2, 0) is 10.0 Å². The van der Waals surface area contributed by atoms with Crippen molar-refractivity contribution in [2.75, 3.05) is 13.1 Å². The Hall–Kier alpha value is -2.74. The van der Waals surface area contributed by atoms with E-state index in [1.807, 2.05) is 47.9 Å². The van der Waals surface area contributed by atoms with Gasteiger partial charge in [0.2, 0.25) is 10.0 Å². The number of benzene rings is 2. The monoisotopic (exact) mass is 424 g/mol. The molecule has 1 aromatic heterocycles. The van der Waals surface area contributed by atoms with Crippen molar-refractivity contribution in [1.29, 1.82) is 0 Å². The highest BCUT2D eigenvalue weighted by Gasteiger charge is 2.32. The first-order chi connectivity index (χ1) is 14.1. The van der Waals surface area contributed by atoms with Gasteiger partial charge in [-0.25, -0.2) is 8.42 Å². The first kappa shape index (κ1) is 19.6. The third-order valence-electron chi connectivity index (χ3n) is 4.81. The molecule has 0 radical (unpaired) electrons. The maximum atomic E-state index is 13.1. The molecule has 3 aromatic rings. The van der Waals surface area contributed by atoms with E-state index in [2.05, 4.69) is 5.32 Å². The van der Waals surface area contributed by atoms with E-state index in [-0.39, 0.29) is 23.9 Å². The highest BCUT2D eigenvalue weighted by Crippen LogP contribution is 2.27. The van der Waals surface area contributed by atoms with Gasteiger partial charge in [-0.15, -0.1) is 11.3 Å². The number of rotatable bonds is 5. The van der Waals surface area contributed by atoms with Crippen molar-refractivity contribution in [3.05, 3.63) is 94.7 Å². The number of nitrogens with zero attached hydrogens (tertiary/aromatic N) is 1. The van der Waals surface area contributed by atoms with Gasteiger partial charge in [0.05, 0.1) is 15.8 Å². The standard InChI is InChI=1S/C22H20N2O3S2/c25-22(21-12-7-15-28-21)23-20-16-24(29(26,27)18-10-5-2-6-11-18)14-13-19(20)17-8-3-1-4-9-17/h1-13,15,20H,14,16H2,(H,23,25). The molecule has 0 saturated heterocycles. The van der Waals surface area contributed by atoms with Crippen molar-refractivity contribution in [1.82, 2.24) is 9.62 Å². The van der Waals surface area contributed by atoms with Gasteiger partial charge in [-0.1, -0.05) is 60.7 Å². The zero-order chi connectivity index (χ0) is 20.3. The van der Waals surface area contributed by atoms with Crippen molar-refractivity contribution >= 4 is 32.8 Å². The average molecular weight is 425 g/mol. The van der Waals surface area contributed by atoms with Gasteiger partial charge in [-0.2, -0.15) is 4.31 Å². The smallest absolute Gasteiger partial charge is 0.261 e. The Morgan fingerprint density at radius 3 is 2.31 bits per heavy atom. The third-order valence-corrected chi connectivity index (χ3v) is 7.53. The summed E-state index contributed by atoms with van der Waals surface area (Å²) < 4.78 is 27.6. The highest BCUT2D eigenvalue weighted by molar-refractivity contribution is 7.89. The van der Waals surface area contributed by atoms with Crippen LogP contribution >= 0.6 is 11.3 Å². The molecule has 2 heterocycles. The van der Waals surface area contributed by atoms with Crippen LogP contribution in [0.3, 0.4) is 0 Å². The summed E-state index contributed by atoms with van der Waals surface area (Å²) >= 11 is 1.36. The Morgan fingerprint density at radius 2 is 1.66 bits per heavy atom. The second-order valence-corrected chi connectivity index (χ2v) is 9.55. The average Bonchev–Trinajstić information content (AvgIpc) is 3.30. The zero-order valence-electron chi connectivity index (χ0n) is 15.6. The second-order valence-electron chi connectivity index (χ2n) is 6.66. The summed E-state index contributed by atoms with van der Waals surface area (Å²) in [5.74, 6) is -0.203. The highest BCUT2D eigenvalue weighted by atomic mass is 32.2. The van der Waals surface area contributed by atoms with Crippen molar-refractivity contribution in [3.63, 3.8) is 0 Å². The topological polar surface area (TPSA) is 66.5 Å². The zero-order valence-corrected chi connectivity index (χ0v) is 17.2.